The summed E-state index contributed by atoms with van der Waals surface area (Å²) in [6.07, 6.45) is -1.32. The summed E-state index contributed by atoms with van der Waals surface area (Å²) < 4.78 is 23.5. The third-order valence-corrected chi connectivity index (χ3v) is 1.56. The second kappa shape index (κ2) is 4.18. The van der Waals surface area contributed by atoms with E-state index in [-0.39, 0.29) is 16.7 Å². The fourth-order valence-electron chi connectivity index (χ4n) is 0.689. The number of rotatable bonds is 3. The summed E-state index contributed by atoms with van der Waals surface area (Å²) in [6.45, 7) is -0.516. The molecule has 4 nitrogen and oxygen atoms in total. The number of nitrogens with two attached hydrogens (primary N) is 1. The topological polar surface area (TPSA) is 63.8 Å². The summed E-state index contributed by atoms with van der Waals surface area (Å²) >= 11 is 5.53. The summed E-state index contributed by atoms with van der Waals surface area (Å²) in [5.74, 6) is 0.125. The molecule has 72 valence electrons. The maximum absolute atomic E-state index is 11.8. The van der Waals surface area contributed by atoms with E-state index in [0.29, 0.717) is 0 Å². The number of aromatic nitrogens is 2. The standard InChI is InChI=1S/C6H7ClF2N4/c7-5-4(10)6(13-2-12-5)11-1-3(8)9/h2-3H,1,10H2,(H,11,12,13). The highest BCUT2D eigenvalue weighted by Crippen LogP contribution is 2.21. The third kappa shape index (κ3) is 2.66. The molecule has 0 aliphatic heterocycles. The molecule has 0 amide bonds. The monoisotopic (exact) mass is 208 g/mol. The Hall–Kier alpha value is -1.17. The number of halogens is 3. The summed E-state index contributed by atoms with van der Waals surface area (Å²) in [5, 5.41) is 2.39. The van der Waals surface area contributed by atoms with Crippen LogP contribution in [0.25, 0.3) is 0 Å². The minimum atomic E-state index is -2.46. The van der Waals surface area contributed by atoms with Crippen molar-refractivity contribution in [3.63, 3.8) is 0 Å². The molecule has 0 bridgehead atoms. The Balaban J connectivity index is 2.71. The van der Waals surface area contributed by atoms with Crippen LogP contribution < -0.4 is 11.1 Å². The van der Waals surface area contributed by atoms with Gasteiger partial charge in [0.05, 0.1) is 6.54 Å². The average Bonchev–Trinajstić information content (AvgIpc) is 2.07. The highest BCUT2D eigenvalue weighted by atomic mass is 35.5. The minimum Gasteiger partial charge on any atom is -0.393 e. The van der Waals surface area contributed by atoms with Crippen molar-refractivity contribution in [2.24, 2.45) is 0 Å². The summed E-state index contributed by atoms with van der Waals surface area (Å²) in [6, 6.07) is 0. The Labute approximate surface area is 78.1 Å². The number of nitrogens with zero attached hydrogens (tertiary/aromatic N) is 2. The van der Waals surface area contributed by atoms with Gasteiger partial charge in [-0.2, -0.15) is 0 Å². The van der Waals surface area contributed by atoms with Gasteiger partial charge < -0.3 is 11.1 Å². The summed E-state index contributed by atoms with van der Waals surface area (Å²) in [4.78, 5) is 7.21. The Morgan fingerprint density at radius 1 is 1.54 bits per heavy atom. The molecule has 0 atom stereocenters. The lowest BCUT2D eigenvalue weighted by molar-refractivity contribution is 0.163. The normalized spacial score (nSPS) is 10.5. The summed E-state index contributed by atoms with van der Waals surface area (Å²) in [7, 11) is 0. The highest BCUT2D eigenvalue weighted by molar-refractivity contribution is 6.32. The maximum Gasteiger partial charge on any atom is 0.255 e. The van der Waals surface area contributed by atoms with E-state index in [4.69, 9.17) is 17.3 Å². The molecule has 1 rings (SSSR count). The third-order valence-electron chi connectivity index (χ3n) is 1.26. The van der Waals surface area contributed by atoms with Gasteiger partial charge in [0, 0.05) is 0 Å². The lowest BCUT2D eigenvalue weighted by Gasteiger charge is -2.07. The second-order valence-electron chi connectivity index (χ2n) is 2.20. The highest BCUT2D eigenvalue weighted by Gasteiger charge is 2.07. The Bertz CT molecular complexity index is 294. The molecule has 0 spiro atoms. The number of alkyl halides is 2. The van der Waals surface area contributed by atoms with E-state index < -0.39 is 13.0 Å². The molecule has 0 aromatic carbocycles. The molecule has 0 unspecified atom stereocenters. The first kappa shape index (κ1) is 9.91. The minimum absolute atomic E-state index is 0.0479. The Kier molecular flexibility index (Phi) is 3.18. The molecule has 0 aliphatic carbocycles. The first-order chi connectivity index (χ1) is 6.11. The predicted octanol–water partition coefficient (Wildman–Crippen LogP) is 1.39. The van der Waals surface area contributed by atoms with E-state index in [1.54, 1.807) is 0 Å². The zero-order chi connectivity index (χ0) is 9.84. The smallest absolute Gasteiger partial charge is 0.255 e. The van der Waals surface area contributed by atoms with Crippen molar-refractivity contribution in [2.75, 3.05) is 17.6 Å². The van der Waals surface area contributed by atoms with Crippen LogP contribution in [-0.4, -0.2) is 22.9 Å². The molecular formula is C6H7ClF2N4. The number of hydrogen-bond donors (Lipinski definition) is 2. The Morgan fingerprint density at radius 2 is 2.23 bits per heavy atom. The fraction of sp³-hybridized carbons (Fsp3) is 0.333. The number of hydrogen-bond acceptors (Lipinski definition) is 4. The fourth-order valence-corrected chi connectivity index (χ4v) is 0.822. The van der Waals surface area contributed by atoms with Crippen LogP contribution >= 0.6 is 11.6 Å². The van der Waals surface area contributed by atoms with Gasteiger partial charge in [-0.25, -0.2) is 18.7 Å². The van der Waals surface area contributed by atoms with Crippen LogP contribution in [-0.2, 0) is 0 Å². The van der Waals surface area contributed by atoms with Crippen molar-refractivity contribution in [3.8, 4) is 0 Å². The van der Waals surface area contributed by atoms with Gasteiger partial charge in [-0.05, 0) is 0 Å². The van der Waals surface area contributed by atoms with E-state index in [1.165, 1.54) is 0 Å². The second-order valence-corrected chi connectivity index (χ2v) is 2.56. The van der Waals surface area contributed by atoms with Crippen molar-refractivity contribution in [3.05, 3.63) is 11.5 Å². The lowest BCUT2D eigenvalue weighted by Crippen LogP contribution is -2.13. The van der Waals surface area contributed by atoms with Gasteiger partial charge in [0.25, 0.3) is 6.43 Å². The van der Waals surface area contributed by atoms with Crippen LogP contribution in [0.5, 0.6) is 0 Å². The van der Waals surface area contributed by atoms with Crippen molar-refractivity contribution in [2.45, 2.75) is 6.43 Å². The molecule has 3 N–H and O–H groups in total. The quantitative estimate of drug-likeness (QED) is 0.737. The average molecular weight is 209 g/mol. The van der Waals surface area contributed by atoms with Crippen LogP contribution in [0.3, 0.4) is 0 Å². The zero-order valence-electron chi connectivity index (χ0n) is 6.47. The number of nitrogen functional groups attached to an aromatic ring is 1. The molecule has 1 aromatic heterocycles. The first-order valence-corrected chi connectivity index (χ1v) is 3.77. The van der Waals surface area contributed by atoms with Crippen molar-refractivity contribution < 1.29 is 8.78 Å². The SMILES string of the molecule is Nc1c(Cl)ncnc1NCC(F)F. The Morgan fingerprint density at radius 3 is 2.85 bits per heavy atom. The van der Waals surface area contributed by atoms with E-state index in [1.807, 2.05) is 0 Å². The predicted molar refractivity (Wildman–Crippen MR) is 45.9 cm³/mol. The van der Waals surface area contributed by atoms with Crippen molar-refractivity contribution in [1.82, 2.24) is 9.97 Å². The molecule has 0 saturated heterocycles. The van der Waals surface area contributed by atoms with Crippen LogP contribution in [0.4, 0.5) is 20.3 Å². The number of nitrogens with one attached hydrogen (secondary N) is 1. The van der Waals surface area contributed by atoms with E-state index in [0.717, 1.165) is 6.33 Å². The van der Waals surface area contributed by atoms with Gasteiger partial charge in [-0.1, -0.05) is 11.6 Å². The van der Waals surface area contributed by atoms with Gasteiger partial charge in [0.2, 0.25) is 0 Å². The van der Waals surface area contributed by atoms with Crippen LogP contribution in [0, 0.1) is 0 Å². The van der Waals surface area contributed by atoms with Crippen LogP contribution in [0.15, 0.2) is 6.33 Å². The molecule has 7 heteroatoms. The molecule has 1 aromatic rings. The van der Waals surface area contributed by atoms with E-state index in [9.17, 15) is 8.78 Å². The molecule has 0 radical (unpaired) electrons. The van der Waals surface area contributed by atoms with Crippen molar-refractivity contribution in [1.29, 1.82) is 0 Å². The van der Waals surface area contributed by atoms with Crippen LogP contribution in [0.2, 0.25) is 5.15 Å². The summed E-state index contributed by atoms with van der Waals surface area (Å²) in [5.41, 5.74) is 5.48. The number of anilines is 2. The van der Waals surface area contributed by atoms with Gasteiger partial charge in [0.15, 0.2) is 11.0 Å². The molecular weight excluding hydrogens is 202 g/mol. The molecule has 13 heavy (non-hydrogen) atoms. The van der Waals surface area contributed by atoms with Gasteiger partial charge >= 0.3 is 0 Å². The molecule has 1 heterocycles. The first-order valence-electron chi connectivity index (χ1n) is 3.39. The van der Waals surface area contributed by atoms with Gasteiger partial charge in [0.1, 0.15) is 12.0 Å². The molecule has 0 saturated carbocycles. The lowest BCUT2D eigenvalue weighted by atomic mass is 10.5. The van der Waals surface area contributed by atoms with Gasteiger partial charge in [-0.15, -0.1) is 0 Å². The van der Waals surface area contributed by atoms with Gasteiger partial charge in [-0.3, -0.25) is 0 Å². The molecule has 0 aliphatic rings. The van der Waals surface area contributed by atoms with E-state index >= 15 is 0 Å². The van der Waals surface area contributed by atoms with Crippen LogP contribution in [0.1, 0.15) is 0 Å². The maximum atomic E-state index is 11.8. The van der Waals surface area contributed by atoms with E-state index in [2.05, 4.69) is 15.3 Å². The molecule has 0 fully saturated rings. The largest absolute Gasteiger partial charge is 0.393 e. The zero-order valence-corrected chi connectivity index (χ0v) is 7.22. The van der Waals surface area contributed by atoms with Crippen molar-refractivity contribution >= 4 is 23.1 Å².